The van der Waals surface area contributed by atoms with Gasteiger partial charge in [0.15, 0.2) is 0 Å². The highest BCUT2D eigenvalue weighted by Crippen LogP contribution is 2.34. The lowest BCUT2D eigenvalue weighted by Gasteiger charge is -2.18. The Morgan fingerprint density at radius 3 is 2.42 bits per heavy atom. The number of amides is 2. The molecule has 26 heavy (non-hydrogen) atoms. The van der Waals surface area contributed by atoms with Crippen molar-refractivity contribution < 1.29 is 14.3 Å². The molecule has 2 aromatic rings. The molecule has 1 aliphatic rings. The van der Waals surface area contributed by atoms with Crippen LogP contribution < -0.4 is 10.1 Å². The van der Waals surface area contributed by atoms with E-state index in [0.29, 0.717) is 13.0 Å². The quantitative estimate of drug-likeness (QED) is 0.807. The SMILES string of the molecule is CCc1ccc(CCOc2ccc(CC3(C)SC(=O)NC3=O)cc2)nc1. The molecule has 1 aromatic carbocycles. The zero-order valence-corrected chi connectivity index (χ0v) is 15.8. The van der Waals surface area contributed by atoms with E-state index in [1.807, 2.05) is 36.5 Å². The largest absolute Gasteiger partial charge is 0.493 e. The van der Waals surface area contributed by atoms with Gasteiger partial charge in [0.2, 0.25) is 5.91 Å². The summed E-state index contributed by atoms with van der Waals surface area (Å²) in [5.41, 5.74) is 3.24. The maximum Gasteiger partial charge on any atom is 0.286 e. The summed E-state index contributed by atoms with van der Waals surface area (Å²) in [7, 11) is 0. The summed E-state index contributed by atoms with van der Waals surface area (Å²) in [6, 6.07) is 11.8. The number of aryl methyl sites for hydroxylation is 1. The Bertz CT molecular complexity index is 790. The molecule has 1 unspecified atom stereocenters. The minimum atomic E-state index is -0.740. The number of pyridine rings is 1. The molecule has 0 radical (unpaired) electrons. The molecule has 5 nitrogen and oxygen atoms in total. The van der Waals surface area contributed by atoms with E-state index < -0.39 is 4.75 Å². The van der Waals surface area contributed by atoms with Crippen LogP contribution in [0.3, 0.4) is 0 Å². The van der Waals surface area contributed by atoms with E-state index in [4.69, 9.17) is 4.74 Å². The number of nitrogens with zero attached hydrogens (tertiary/aromatic N) is 1. The number of benzene rings is 1. The van der Waals surface area contributed by atoms with Crippen molar-refractivity contribution in [2.45, 2.75) is 37.9 Å². The molecule has 1 saturated heterocycles. The summed E-state index contributed by atoms with van der Waals surface area (Å²) >= 11 is 1.05. The van der Waals surface area contributed by atoms with E-state index in [9.17, 15) is 9.59 Å². The van der Waals surface area contributed by atoms with Crippen molar-refractivity contribution in [2.75, 3.05) is 6.61 Å². The molecule has 0 aliphatic carbocycles. The number of carbonyl (C=O) groups excluding carboxylic acids is 2. The van der Waals surface area contributed by atoms with Crippen LogP contribution in [-0.4, -0.2) is 27.5 Å². The molecule has 1 fully saturated rings. The molecule has 0 spiro atoms. The number of hydrogen-bond donors (Lipinski definition) is 1. The highest BCUT2D eigenvalue weighted by molar-refractivity contribution is 8.16. The minimum Gasteiger partial charge on any atom is -0.493 e. The predicted octanol–water partition coefficient (Wildman–Crippen LogP) is 3.55. The summed E-state index contributed by atoms with van der Waals surface area (Å²) in [5, 5.41) is 2.06. The lowest BCUT2D eigenvalue weighted by Crippen LogP contribution is -2.35. The zero-order valence-electron chi connectivity index (χ0n) is 15.0. The van der Waals surface area contributed by atoms with Crippen LogP contribution in [0.15, 0.2) is 42.6 Å². The normalized spacial score (nSPS) is 19.5. The summed E-state index contributed by atoms with van der Waals surface area (Å²) < 4.78 is 5.04. The Morgan fingerprint density at radius 1 is 1.12 bits per heavy atom. The van der Waals surface area contributed by atoms with Crippen LogP contribution in [0, 0.1) is 0 Å². The van der Waals surface area contributed by atoms with E-state index in [2.05, 4.69) is 23.3 Å². The van der Waals surface area contributed by atoms with E-state index in [1.165, 1.54) is 5.56 Å². The minimum absolute atomic E-state index is 0.227. The van der Waals surface area contributed by atoms with Crippen molar-refractivity contribution in [1.29, 1.82) is 0 Å². The molecule has 136 valence electrons. The first-order valence-corrected chi connectivity index (χ1v) is 9.50. The Balaban J connectivity index is 1.51. The molecule has 0 saturated carbocycles. The van der Waals surface area contributed by atoms with Gasteiger partial charge in [-0.3, -0.25) is 19.9 Å². The van der Waals surface area contributed by atoms with Gasteiger partial charge < -0.3 is 4.74 Å². The smallest absolute Gasteiger partial charge is 0.286 e. The molecule has 0 bridgehead atoms. The van der Waals surface area contributed by atoms with Crippen molar-refractivity contribution >= 4 is 22.9 Å². The average molecular weight is 370 g/mol. The van der Waals surface area contributed by atoms with Crippen molar-refractivity contribution in [3.8, 4) is 5.75 Å². The molecule has 6 heteroatoms. The Hall–Kier alpha value is -2.34. The highest BCUT2D eigenvalue weighted by Gasteiger charge is 2.43. The van der Waals surface area contributed by atoms with E-state index >= 15 is 0 Å². The summed E-state index contributed by atoms with van der Waals surface area (Å²) in [6.07, 6.45) is 4.15. The van der Waals surface area contributed by atoms with Gasteiger partial charge in [0.05, 0.1) is 6.61 Å². The van der Waals surface area contributed by atoms with Crippen molar-refractivity contribution in [1.82, 2.24) is 10.3 Å². The number of rotatable bonds is 7. The first-order chi connectivity index (χ1) is 12.5. The standard InChI is InChI=1S/C20H22N2O3S/c1-3-14-4-7-16(21-13-14)10-11-25-17-8-5-15(6-9-17)12-20(2)18(23)22-19(24)26-20/h4-9,13H,3,10-12H2,1-2H3,(H,22,23,24). The fourth-order valence-electron chi connectivity index (χ4n) is 2.80. The zero-order chi connectivity index (χ0) is 18.6. The van der Waals surface area contributed by atoms with Gasteiger partial charge in [-0.1, -0.05) is 25.1 Å². The van der Waals surface area contributed by atoms with Crippen LogP contribution in [0.5, 0.6) is 5.75 Å². The molecule has 1 atom stereocenters. The van der Waals surface area contributed by atoms with Crippen LogP contribution in [0.2, 0.25) is 0 Å². The van der Waals surface area contributed by atoms with Gasteiger partial charge in [-0.05, 0) is 60.9 Å². The predicted molar refractivity (Wildman–Crippen MR) is 102 cm³/mol. The van der Waals surface area contributed by atoms with Crippen LogP contribution in [0.1, 0.15) is 30.7 Å². The molecule has 2 amide bonds. The van der Waals surface area contributed by atoms with Gasteiger partial charge in [-0.25, -0.2) is 0 Å². The average Bonchev–Trinajstić information content (AvgIpc) is 2.88. The third-order valence-electron chi connectivity index (χ3n) is 4.40. The summed E-state index contributed by atoms with van der Waals surface area (Å²) in [6.45, 7) is 4.46. The van der Waals surface area contributed by atoms with Crippen molar-refractivity contribution in [3.63, 3.8) is 0 Å². The molecule has 1 aromatic heterocycles. The van der Waals surface area contributed by atoms with Crippen LogP contribution in [0.4, 0.5) is 4.79 Å². The fraction of sp³-hybridized carbons (Fsp3) is 0.350. The Kier molecular flexibility index (Phi) is 5.61. The second-order valence-corrected chi connectivity index (χ2v) is 7.98. The maximum absolute atomic E-state index is 11.9. The molecular weight excluding hydrogens is 348 g/mol. The Morgan fingerprint density at radius 2 is 1.85 bits per heavy atom. The van der Waals surface area contributed by atoms with E-state index in [0.717, 1.165) is 41.6 Å². The lowest BCUT2D eigenvalue weighted by molar-refractivity contribution is -0.121. The van der Waals surface area contributed by atoms with Gasteiger partial charge in [0.1, 0.15) is 10.5 Å². The number of imide groups is 1. The number of thioether (sulfide) groups is 1. The van der Waals surface area contributed by atoms with Crippen LogP contribution in [-0.2, 0) is 24.1 Å². The second-order valence-electron chi connectivity index (χ2n) is 6.51. The van der Waals surface area contributed by atoms with Crippen molar-refractivity contribution in [3.05, 3.63) is 59.4 Å². The number of ether oxygens (including phenoxy) is 1. The molecule has 2 heterocycles. The topological polar surface area (TPSA) is 68.3 Å². The third kappa shape index (κ3) is 4.43. The van der Waals surface area contributed by atoms with Crippen LogP contribution in [0.25, 0.3) is 0 Å². The number of aromatic nitrogens is 1. The van der Waals surface area contributed by atoms with E-state index in [-0.39, 0.29) is 11.1 Å². The van der Waals surface area contributed by atoms with Crippen molar-refractivity contribution in [2.24, 2.45) is 0 Å². The molecular formula is C20H22N2O3S. The van der Waals surface area contributed by atoms with Gasteiger partial charge in [-0.15, -0.1) is 0 Å². The lowest BCUT2D eigenvalue weighted by atomic mass is 9.99. The Labute approximate surface area is 157 Å². The number of hydrogen-bond acceptors (Lipinski definition) is 5. The third-order valence-corrected chi connectivity index (χ3v) is 5.47. The van der Waals surface area contributed by atoms with Gasteiger partial charge in [0, 0.05) is 18.3 Å². The summed E-state index contributed by atoms with van der Waals surface area (Å²) in [4.78, 5) is 27.7. The van der Waals surface area contributed by atoms with E-state index in [1.54, 1.807) is 6.92 Å². The maximum atomic E-state index is 11.9. The summed E-state index contributed by atoms with van der Waals surface area (Å²) in [5.74, 6) is 0.554. The number of nitrogens with one attached hydrogen (secondary N) is 1. The number of carbonyl (C=O) groups is 2. The molecule has 3 rings (SSSR count). The molecule has 1 aliphatic heterocycles. The van der Waals surface area contributed by atoms with Gasteiger partial charge >= 0.3 is 0 Å². The second kappa shape index (κ2) is 7.91. The monoisotopic (exact) mass is 370 g/mol. The van der Waals surface area contributed by atoms with Crippen LogP contribution >= 0.6 is 11.8 Å². The highest BCUT2D eigenvalue weighted by atomic mass is 32.2. The first kappa shape index (κ1) is 18.5. The first-order valence-electron chi connectivity index (χ1n) is 8.68. The van der Waals surface area contributed by atoms with Gasteiger partial charge in [-0.2, -0.15) is 0 Å². The fourth-order valence-corrected chi connectivity index (χ4v) is 3.73. The molecule has 1 N–H and O–H groups in total. The van der Waals surface area contributed by atoms with Gasteiger partial charge in [0.25, 0.3) is 5.24 Å².